The standard InChI is InChI=1S/C14H22O/c1-10-6-7-13(8-11(10)2)14(4,5)9-12(3)15/h6-8,12,15H,9H2,1-5H3. The van der Waals surface area contributed by atoms with E-state index >= 15 is 0 Å². The monoisotopic (exact) mass is 206 g/mol. The third kappa shape index (κ3) is 3.07. The van der Waals surface area contributed by atoms with Gasteiger partial charge in [0.05, 0.1) is 6.10 Å². The van der Waals surface area contributed by atoms with Crippen LogP contribution in [0.15, 0.2) is 18.2 Å². The van der Waals surface area contributed by atoms with Crippen LogP contribution >= 0.6 is 0 Å². The Bertz CT molecular complexity index is 337. The van der Waals surface area contributed by atoms with Crippen LogP contribution in [0.1, 0.15) is 43.9 Å². The van der Waals surface area contributed by atoms with Gasteiger partial charge in [-0.3, -0.25) is 0 Å². The van der Waals surface area contributed by atoms with Crippen molar-refractivity contribution in [3.05, 3.63) is 34.9 Å². The van der Waals surface area contributed by atoms with Crippen molar-refractivity contribution in [2.45, 2.75) is 52.6 Å². The highest BCUT2D eigenvalue weighted by Gasteiger charge is 2.22. The van der Waals surface area contributed by atoms with Gasteiger partial charge in [-0.15, -0.1) is 0 Å². The molecule has 1 nitrogen and oxygen atoms in total. The molecule has 0 saturated heterocycles. The van der Waals surface area contributed by atoms with Crippen LogP contribution in [-0.2, 0) is 5.41 Å². The number of hydrogen-bond acceptors (Lipinski definition) is 1. The lowest BCUT2D eigenvalue weighted by Crippen LogP contribution is -2.23. The van der Waals surface area contributed by atoms with E-state index in [0.717, 1.165) is 6.42 Å². The quantitative estimate of drug-likeness (QED) is 0.804. The molecule has 0 aliphatic carbocycles. The van der Waals surface area contributed by atoms with Gasteiger partial charge in [-0.25, -0.2) is 0 Å². The van der Waals surface area contributed by atoms with Gasteiger partial charge in [0.2, 0.25) is 0 Å². The van der Waals surface area contributed by atoms with Crippen molar-refractivity contribution in [1.82, 2.24) is 0 Å². The van der Waals surface area contributed by atoms with Gasteiger partial charge in [0.1, 0.15) is 0 Å². The number of hydrogen-bond donors (Lipinski definition) is 1. The first kappa shape index (κ1) is 12.3. The van der Waals surface area contributed by atoms with E-state index in [1.807, 2.05) is 6.92 Å². The topological polar surface area (TPSA) is 20.2 Å². The fraction of sp³-hybridized carbons (Fsp3) is 0.571. The van der Waals surface area contributed by atoms with E-state index in [4.69, 9.17) is 0 Å². The van der Waals surface area contributed by atoms with Gasteiger partial charge in [-0.05, 0) is 49.3 Å². The number of benzene rings is 1. The Hall–Kier alpha value is -0.820. The fourth-order valence-electron chi connectivity index (χ4n) is 2.02. The fourth-order valence-corrected chi connectivity index (χ4v) is 2.02. The number of aryl methyl sites for hydroxylation is 2. The van der Waals surface area contributed by atoms with Gasteiger partial charge >= 0.3 is 0 Å². The second-order valence-electron chi connectivity index (χ2n) is 5.24. The minimum atomic E-state index is -0.249. The molecular weight excluding hydrogens is 184 g/mol. The highest BCUT2D eigenvalue weighted by molar-refractivity contribution is 5.33. The Morgan fingerprint density at radius 1 is 1.20 bits per heavy atom. The molecule has 0 amide bonds. The maximum absolute atomic E-state index is 9.47. The molecule has 0 aromatic heterocycles. The molecule has 15 heavy (non-hydrogen) atoms. The molecule has 0 spiro atoms. The first-order chi connectivity index (χ1) is 6.83. The van der Waals surface area contributed by atoms with Crippen LogP contribution in [0.3, 0.4) is 0 Å². The van der Waals surface area contributed by atoms with Crippen molar-refractivity contribution in [3.8, 4) is 0 Å². The summed E-state index contributed by atoms with van der Waals surface area (Å²) in [5.74, 6) is 0. The maximum atomic E-state index is 9.47. The molecule has 0 heterocycles. The SMILES string of the molecule is Cc1ccc(C(C)(C)CC(C)O)cc1C. The molecule has 1 aromatic rings. The van der Waals surface area contributed by atoms with Crippen LogP contribution in [0.2, 0.25) is 0 Å². The first-order valence-electron chi connectivity index (χ1n) is 5.59. The summed E-state index contributed by atoms with van der Waals surface area (Å²) in [5, 5.41) is 9.47. The molecule has 1 atom stereocenters. The summed E-state index contributed by atoms with van der Waals surface area (Å²) in [7, 11) is 0. The van der Waals surface area contributed by atoms with Crippen molar-refractivity contribution in [2.24, 2.45) is 0 Å². The van der Waals surface area contributed by atoms with Crippen molar-refractivity contribution in [3.63, 3.8) is 0 Å². The molecule has 0 fully saturated rings. The molecule has 1 unspecified atom stereocenters. The molecule has 1 N–H and O–H groups in total. The summed E-state index contributed by atoms with van der Waals surface area (Å²) in [4.78, 5) is 0. The van der Waals surface area contributed by atoms with Gasteiger partial charge in [0, 0.05) is 0 Å². The second-order valence-corrected chi connectivity index (χ2v) is 5.24. The minimum absolute atomic E-state index is 0.0482. The highest BCUT2D eigenvalue weighted by atomic mass is 16.3. The summed E-state index contributed by atoms with van der Waals surface area (Å²) in [5.41, 5.74) is 4.01. The maximum Gasteiger partial charge on any atom is 0.0520 e. The molecule has 1 rings (SSSR count). The van der Waals surface area contributed by atoms with Crippen LogP contribution in [0.5, 0.6) is 0 Å². The number of aliphatic hydroxyl groups excluding tert-OH is 1. The van der Waals surface area contributed by atoms with Crippen LogP contribution in [0.4, 0.5) is 0 Å². The molecule has 0 saturated carbocycles. The van der Waals surface area contributed by atoms with E-state index in [2.05, 4.69) is 45.9 Å². The van der Waals surface area contributed by atoms with E-state index in [1.165, 1.54) is 16.7 Å². The average molecular weight is 206 g/mol. The van der Waals surface area contributed by atoms with Gasteiger partial charge in [0.25, 0.3) is 0 Å². The normalized spacial score (nSPS) is 14.0. The third-order valence-electron chi connectivity index (χ3n) is 3.09. The molecule has 0 bridgehead atoms. The number of rotatable bonds is 3. The van der Waals surface area contributed by atoms with Gasteiger partial charge in [0.15, 0.2) is 0 Å². The Kier molecular flexibility index (Phi) is 3.56. The Morgan fingerprint density at radius 3 is 2.27 bits per heavy atom. The lowest BCUT2D eigenvalue weighted by molar-refractivity contribution is 0.157. The Morgan fingerprint density at radius 2 is 1.80 bits per heavy atom. The molecule has 1 heteroatoms. The zero-order chi connectivity index (χ0) is 11.6. The summed E-state index contributed by atoms with van der Waals surface area (Å²) in [6.45, 7) is 10.5. The Balaban J connectivity index is 2.99. The summed E-state index contributed by atoms with van der Waals surface area (Å²) in [6, 6.07) is 6.57. The van der Waals surface area contributed by atoms with Crippen molar-refractivity contribution in [1.29, 1.82) is 0 Å². The van der Waals surface area contributed by atoms with Crippen LogP contribution < -0.4 is 0 Å². The van der Waals surface area contributed by atoms with Crippen LogP contribution in [-0.4, -0.2) is 11.2 Å². The lowest BCUT2D eigenvalue weighted by Gasteiger charge is -2.27. The summed E-state index contributed by atoms with van der Waals surface area (Å²) in [6.07, 6.45) is 0.553. The average Bonchev–Trinajstić information content (AvgIpc) is 2.07. The molecule has 84 valence electrons. The van der Waals surface area contributed by atoms with Gasteiger partial charge in [-0.1, -0.05) is 32.0 Å². The zero-order valence-corrected chi connectivity index (χ0v) is 10.5. The largest absolute Gasteiger partial charge is 0.393 e. The zero-order valence-electron chi connectivity index (χ0n) is 10.5. The lowest BCUT2D eigenvalue weighted by atomic mass is 9.79. The van der Waals surface area contributed by atoms with E-state index in [9.17, 15) is 5.11 Å². The van der Waals surface area contributed by atoms with Crippen molar-refractivity contribution >= 4 is 0 Å². The summed E-state index contributed by atoms with van der Waals surface area (Å²) >= 11 is 0. The van der Waals surface area contributed by atoms with Crippen molar-refractivity contribution in [2.75, 3.05) is 0 Å². The predicted molar refractivity (Wildman–Crippen MR) is 65.2 cm³/mol. The minimum Gasteiger partial charge on any atom is -0.393 e. The first-order valence-corrected chi connectivity index (χ1v) is 5.59. The van der Waals surface area contributed by atoms with Crippen molar-refractivity contribution < 1.29 is 5.11 Å². The Labute approximate surface area is 93.1 Å². The second kappa shape index (κ2) is 4.36. The molecular formula is C14H22O. The van der Waals surface area contributed by atoms with E-state index in [0.29, 0.717) is 0 Å². The highest BCUT2D eigenvalue weighted by Crippen LogP contribution is 2.29. The van der Waals surface area contributed by atoms with Crippen LogP contribution in [0, 0.1) is 13.8 Å². The van der Waals surface area contributed by atoms with E-state index < -0.39 is 0 Å². The number of aliphatic hydroxyl groups is 1. The summed E-state index contributed by atoms with van der Waals surface area (Å²) < 4.78 is 0. The van der Waals surface area contributed by atoms with Gasteiger partial charge in [-0.2, -0.15) is 0 Å². The van der Waals surface area contributed by atoms with E-state index in [-0.39, 0.29) is 11.5 Å². The van der Waals surface area contributed by atoms with Gasteiger partial charge < -0.3 is 5.11 Å². The molecule has 1 aromatic carbocycles. The molecule has 0 aliphatic heterocycles. The smallest absolute Gasteiger partial charge is 0.0520 e. The third-order valence-corrected chi connectivity index (χ3v) is 3.09. The molecule has 0 radical (unpaired) electrons. The molecule has 0 aliphatic rings. The van der Waals surface area contributed by atoms with E-state index in [1.54, 1.807) is 0 Å². The predicted octanol–water partition coefficient (Wildman–Crippen LogP) is 3.35. The van der Waals surface area contributed by atoms with Crippen LogP contribution in [0.25, 0.3) is 0 Å².